The molecule has 1 heterocycles. The summed E-state index contributed by atoms with van der Waals surface area (Å²) >= 11 is 11.2. The molecule has 0 aliphatic heterocycles. The number of anilines is 2. The highest BCUT2D eigenvalue weighted by Gasteiger charge is 2.03. The fourth-order valence-corrected chi connectivity index (χ4v) is 2.64. The van der Waals surface area contributed by atoms with Gasteiger partial charge in [0.05, 0.1) is 6.54 Å². The third-order valence-electron chi connectivity index (χ3n) is 3.42. The summed E-state index contributed by atoms with van der Waals surface area (Å²) in [6.07, 6.45) is 1.91. The van der Waals surface area contributed by atoms with Gasteiger partial charge in [0.1, 0.15) is 0 Å². The second-order valence-electron chi connectivity index (χ2n) is 5.47. The van der Waals surface area contributed by atoms with Gasteiger partial charge in [-0.2, -0.15) is 5.10 Å². The summed E-state index contributed by atoms with van der Waals surface area (Å²) in [5.41, 5.74) is 3.26. The number of benzene rings is 2. The zero-order valence-electron chi connectivity index (χ0n) is 13.2. The third-order valence-corrected chi connectivity index (χ3v) is 3.87. The molecule has 122 valence electrons. The Kier molecular flexibility index (Phi) is 5.13. The van der Waals surface area contributed by atoms with Gasteiger partial charge in [-0.25, -0.2) is 0 Å². The molecular formula is C18H17ClN4S. The molecule has 3 aromatic rings. The molecule has 0 spiro atoms. The molecule has 2 N–H and O–H groups in total. The molecule has 0 saturated heterocycles. The Labute approximate surface area is 151 Å². The van der Waals surface area contributed by atoms with E-state index in [0.717, 1.165) is 16.3 Å². The van der Waals surface area contributed by atoms with E-state index in [1.165, 1.54) is 5.56 Å². The Morgan fingerprint density at radius 1 is 1.12 bits per heavy atom. The Morgan fingerprint density at radius 2 is 1.92 bits per heavy atom. The molecule has 3 rings (SSSR count). The van der Waals surface area contributed by atoms with Gasteiger partial charge in [-0.05, 0) is 54.5 Å². The molecule has 0 bridgehead atoms. The maximum atomic E-state index is 5.90. The van der Waals surface area contributed by atoms with Crippen molar-refractivity contribution >= 4 is 40.4 Å². The van der Waals surface area contributed by atoms with Crippen LogP contribution < -0.4 is 10.6 Å². The van der Waals surface area contributed by atoms with Crippen LogP contribution in [0.15, 0.2) is 60.8 Å². The van der Waals surface area contributed by atoms with Crippen LogP contribution in [0.2, 0.25) is 5.02 Å². The fraction of sp³-hybridized carbons (Fsp3) is 0.111. The van der Waals surface area contributed by atoms with E-state index in [-0.39, 0.29) is 0 Å². The van der Waals surface area contributed by atoms with E-state index in [1.54, 1.807) is 0 Å². The molecule has 6 heteroatoms. The zero-order valence-corrected chi connectivity index (χ0v) is 14.7. The maximum Gasteiger partial charge on any atom is 0.176 e. The summed E-state index contributed by atoms with van der Waals surface area (Å²) in [7, 11) is 0. The number of nitrogens with one attached hydrogen (secondary N) is 2. The minimum absolute atomic E-state index is 0.511. The predicted molar refractivity (Wildman–Crippen MR) is 104 cm³/mol. The quantitative estimate of drug-likeness (QED) is 0.665. The largest absolute Gasteiger partial charge is 0.332 e. The number of aryl methyl sites for hydroxylation is 1. The Morgan fingerprint density at radius 3 is 2.67 bits per heavy atom. The minimum atomic E-state index is 0.511. The minimum Gasteiger partial charge on any atom is -0.332 e. The molecule has 0 aliphatic rings. The third kappa shape index (κ3) is 4.57. The summed E-state index contributed by atoms with van der Waals surface area (Å²) in [4.78, 5) is 0. The number of hydrogen-bond acceptors (Lipinski definition) is 2. The summed E-state index contributed by atoms with van der Waals surface area (Å²) in [5, 5.41) is 12.0. The van der Waals surface area contributed by atoms with Crippen LogP contribution in [0.3, 0.4) is 0 Å². The lowest BCUT2D eigenvalue weighted by Gasteiger charge is -2.09. The topological polar surface area (TPSA) is 41.9 Å². The van der Waals surface area contributed by atoms with Crippen LogP contribution >= 0.6 is 23.8 Å². The fourth-order valence-electron chi connectivity index (χ4n) is 2.29. The van der Waals surface area contributed by atoms with Gasteiger partial charge in [-0.3, -0.25) is 4.68 Å². The van der Waals surface area contributed by atoms with Crippen molar-refractivity contribution in [3.63, 3.8) is 0 Å². The van der Waals surface area contributed by atoms with E-state index < -0.39 is 0 Å². The van der Waals surface area contributed by atoms with Crippen LogP contribution in [0.25, 0.3) is 0 Å². The number of rotatable bonds is 4. The van der Waals surface area contributed by atoms with Crippen molar-refractivity contribution in [3.05, 3.63) is 76.9 Å². The zero-order chi connectivity index (χ0) is 16.9. The van der Waals surface area contributed by atoms with Gasteiger partial charge in [-0.1, -0.05) is 35.9 Å². The van der Waals surface area contributed by atoms with Gasteiger partial charge in [-0.15, -0.1) is 0 Å². The predicted octanol–water partition coefficient (Wildman–Crippen LogP) is 4.70. The van der Waals surface area contributed by atoms with Gasteiger partial charge in [0.2, 0.25) is 0 Å². The first kappa shape index (κ1) is 16.5. The normalized spacial score (nSPS) is 10.4. The molecule has 4 nitrogen and oxygen atoms in total. The van der Waals surface area contributed by atoms with Crippen LogP contribution in [0.5, 0.6) is 0 Å². The van der Waals surface area contributed by atoms with E-state index >= 15 is 0 Å². The van der Waals surface area contributed by atoms with Crippen molar-refractivity contribution in [3.8, 4) is 0 Å². The number of nitrogens with zero attached hydrogens (tertiary/aromatic N) is 2. The molecule has 0 amide bonds. The molecule has 0 aliphatic carbocycles. The Bertz CT molecular complexity index is 842. The molecule has 0 radical (unpaired) electrons. The molecule has 0 saturated carbocycles. The molecular weight excluding hydrogens is 340 g/mol. The smallest absolute Gasteiger partial charge is 0.176 e. The average molecular weight is 357 g/mol. The van der Waals surface area contributed by atoms with Crippen molar-refractivity contribution in [1.82, 2.24) is 9.78 Å². The van der Waals surface area contributed by atoms with Gasteiger partial charge in [0.15, 0.2) is 10.9 Å². The van der Waals surface area contributed by atoms with E-state index in [0.29, 0.717) is 17.5 Å². The maximum absolute atomic E-state index is 5.90. The average Bonchev–Trinajstić information content (AvgIpc) is 2.96. The lowest BCUT2D eigenvalue weighted by molar-refractivity contribution is 0.690. The van der Waals surface area contributed by atoms with E-state index in [2.05, 4.69) is 15.7 Å². The van der Waals surface area contributed by atoms with Crippen molar-refractivity contribution in [2.75, 3.05) is 10.6 Å². The number of halogens is 1. The van der Waals surface area contributed by atoms with Gasteiger partial charge in [0, 0.05) is 23.0 Å². The Hall–Kier alpha value is -2.37. The Balaban J connectivity index is 1.59. The van der Waals surface area contributed by atoms with Crippen LogP contribution in [-0.2, 0) is 6.54 Å². The molecule has 0 unspecified atom stereocenters. The van der Waals surface area contributed by atoms with Gasteiger partial charge < -0.3 is 10.6 Å². The lowest BCUT2D eigenvalue weighted by atomic mass is 10.2. The van der Waals surface area contributed by atoms with Crippen LogP contribution in [0.4, 0.5) is 11.5 Å². The first-order chi connectivity index (χ1) is 11.6. The first-order valence-electron chi connectivity index (χ1n) is 7.51. The first-order valence-corrected chi connectivity index (χ1v) is 8.30. The number of aromatic nitrogens is 2. The van der Waals surface area contributed by atoms with Crippen molar-refractivity contribution in [2.24, 2.45) is 0 Å². The number of hydrogen-bond donors (Lipinski definition) is 2. The second kappa shape index (κ2) is 7.47. The van der Waals surface area contributed by atoms with Crippen molar-refractivity contribution in [2.45, 2.75) is 13.5 Å². The van der Waals surface area contributed by atoms with E-state index in [9.17, 15) is 0 Å². The summed E-state index contributed by atoms with van der Waals surface area (Å²) in [6.45, 7) is 2.72. The highest BCUT2D eigenvalue weighted by atomic mass is 35.5. The highest BCUT2D eigenvalue weighted by Crippen LogP contribution is 2.13. The van der Waals surface area contributed by atoms with E-state index in [4.69, 9.17) is 23.8 Å². The lowest BCUT2D eigenvalue weighted by Crippen LogP contribution is -2.19. The standard InChI is InChI=1S/C18H17ClN4S/c1-13-3-2-4-16(11-13)20-18(24)21-17-9-10-23(22-17)12-14-5-7-15(19)8-6-14/h2-11H,12H2,1H3,(H2,20,21,22,24). The highest BCUT2D eigenvalue weighted by molar-refractivity contribution is 7.80. The second-order valence-corrected chi connectivity index (χ2v) is 6.32. The molecule has 2 aromatic carbocycles. The van der Waals surface area contributed by atoms with Crippen LogP contribution in [0.1, 0.15) is 11.1 Å². The van der Waals surface area contributed by atoms with Crippen LogP contribution in [0, 0.1) is 6.92 Å². The van der Waals surface area contributed by atoms with Crippen molar-refractivity contribution < 1.29 is 0 Å². The molecule has 0 fully saturated rings. The molecule has 1 aromatic heterocycles. The number of thiocarbonyl (C=S) groups is 1. The SMILES string of the molecule is Cc1cccc(NC(=S)Nc2ccn(Cc3ccc(Cl)cc3)n2)c1. The summed E-state index contributed by atoms with van der Waals surface area (Å²) in [5.74, 6) is 0.703. The molecule has 0 atom stereocenters. The monoisotopic (exact) mass is 356 g/mol. The van der Waals surface area contributed by atoms with Gasteiger partial charge >= 0.3 is 0 Å². The van der Waals surface area contributed by atoms with Crippen molar-refractivity contribution in [1.29, 1.82) is 0 Å². The van der Waals surface area contributed by atoms with E-state index in [1.807, 2.05) is 72.4 Å². The van der Waals surface area contributed by atoms with Gasteiger partial charge in [0.25, 0.3) is 0 Å². The molecule has 24 heavy (non-hydrogen) atoms. The van der Waals surface area contributed by atoms with Crippen LogP contribution in [-0.4, -0.2) is 14.9 Å². The summed E-state index contributed by atoms with van der Waals surface area (Å²) in [6, 6.07) is 17.7. The summed E-state index contributed by atoms with van der Waals surface area (Å²) < 4.78 is 1.85.